The molecule has 0 saturated heterocycles. The molecule has 3 rings (SSSR count). The SMILES string of the molecule is CC1(C(=O)OC2CCCCC2)CC2C=CC1C2. The standard InChI is InChI=1S/C15H22O2/c1-15(10-11-7-8-12(15)9-11)14(16)17-13-5-3-2-4-6-13/h7-8,11-13H,2-6,9-10H2,1H3. The third-order valence-corrected chi connectivity index (χ3v) is 4.97. The van der Waals surface area contributed by atoms with Crippen LogP contribution in [0.3, 0.4) is 0 Å². The first-order chi connectivity index (χ1) is 8.18. The van der Waals surface area contributed by atoms with Crippen molar-refractivity contribution in [2.24, 2.45) is 17.3 Å². The zero-order valence-corrected chi connectivity index (χ0v) is 10.7. The first kappa shape index (κ1) is 11.3. The van der Waals surface area contributed by atoms with Crippen molar-refractivity contribution >= 4 is 5.97 Å². The number of rotatable bonds is 2. The fourth-order valence-corrected chi connectivity index (χ4v) is 3.80. The third kappa shape index (κ3) is 1.92. The van der Waals surface area contributed by atoms with E-state index in [1.165, 1.54) is 19.3 Å². The number of fused-ring (bicyclic) bond motifs is 2. The van der Waals surface area contributed by atoms with Crippen LogP contribution in [0.25, 0.3) is 0 Å². The fourth-order valence-electron chi connectivity index (χ4n) is 3.80. The lowest BCUT2D eigenvalue weighted by Gasteiger charge is -2.32. The van der Waals surface area contributed by atoms with Gasteiger partial charge in [-0.05, 0) is 57.3 Å². The molecule has 0 N–H and O–H groups in total. The largest absolute Gasteiger partial charge is 0.462 e. The quantitative estimate of drug-likeness (QED) is 0.540. The van der Waals surface area contributed by atoms with E-state index in [9.17, 15) is 4.79 Å². The number of esters is 1. The predicted molar refractivity (Wildman–Crippen MR) is 66.4 cm³/mol. The minimum atomic E-state index is -0.225. The third-order valence-electron chi connectivity index (χ3n) is 4.97. The van der Waals surface area contributed by atoms with Gasteiger partial charge in [-0.2, -0.15) is 0 Å². The van der Waals surface area contributed by atoms with Crippen LogP contribution >= 0.6 is 0 Å². The number of carbonyl (C=O) groups excluding carboxylic acids is 1. The van der Waals surface area contributed by atoms with E-state index < -0.39 is 0 Å². The Morgan fingerprint density at radius 1 is 1.24 bits per heavy atom. The molecule has 0 amide bonds. The highest BCUT2D eigenvalue weighted by atomic mass is 16.5. The smallest absolute Gasteiger partial charge is 0.312 e. The summed E-state index contributed by atoms with van der Waals surface area (Å²) in [6, 6.07) is 0. The van der Waals surface area contributed by atoms with Gasteiger partial charge in [-0.15, -0.1) is 0 Å². The highest BCUT2D eigenvalue weighted by Crippen LogP contribution is 2.52. The molecule has 0 aromatic heterocycles. The lowest BCUT2D eigenvalue weighted by atomic mass is 9.77. The summed E-state index contributed by atoms with van der Waals surface area (Å²) in [4.78, 5) is 12.4. The average Bonchev–Trinajstić information content (AvgIpc) is 2.90. The van der Waals surface area contributed by atoms with Crippen LogP contribution in [0.15, 0.2) is 12.2 Å². The predicted octanol–water partition coefficient (Wildman–Crippen LogP) is 3.46. The lowest BCUT2D eigenvalue weighted by molar-refractivity contribution is -0.163. The Kier molecular flexibility index (Phi) is 2.76. The molecular formula is C15H22O2. The maximum absolute atomic E-state index is 12.4. The van der Waals surface area contributed by atoms with Gasteiger partial charge in [0.25, 0.3) is 0 Å². The van der Waals surface area contributed by atoms with Crippen LogP contribution in [0.5, 0.6) is 0 Å². The molecule has 2 nitrogen and oxygen atoms in total. The summed E-state index contributed by atoms with van der Waals surface area (Å²) in [5.74, 6) is 1.13. The van der Waals surface area contributed by atoms with E-state index in [0.717, 1.165) is 25.7 Å². The Balaban J connectivity index is 1.64. The van der Waals surface area contributed by atoms with E-state index in [1.807, 2.05) is 0 Å². The first-order valence-corrected chi connectivity index (χ1v) is 7.08. The van der Waals surface area contributed by atoms with Gasteiger partial charge in [0.05, 0.1) is 5.41 Å². The van der Waals surface area contributed by atoms with Gasteiger partial charge in [-0.3, -0.25) is 4.79 Å². The lowest BCUT2D eigenvalue weighted by Crippen LogP contribution is -2.36. The van der Waals surface area contributed by atoms with Crippen molar-refractivity contribution in [2.45, 2.75) is 58.0 Å². The number of carbonyl (C=O) groups is 1. The van der Waals surface area contributed by atoms with E-state index in [1.54, 1.807) is 0 Å². The topological polar surface area (TPSA) is 26.3 Å². The molecule has 0 heterocycles. The van der Waals surface area contributed by atoms with Crippen molar-refractivity contribution in [3.63, 3.8) is 0 Å². The van der Waals surface area contributed by atoms with Gasteiger partial charge >= 0.3 is 5.97 Å². The van der Waals surface area contributed by atoms with Crippen molar-refractivity contribution in [1.82, 2.24) is 0 Å². The molecule has 3 aliphatic rings. The highest BCUT2D eigenvalue weighted by molar-refractivity contribution is 5.78. The van der Waals surface area contributed by atoms with Gasteiger partial charge in [-0.1, -0.05) is 18.6 Å². The summed E-state index contributed by atoms with van der Waals surface area (Å²) in [6.45, 7) is 2.10. The van der Waals surface area contributed by atoms with Crippen molar-refractivity contribution in [2.75, 3.05) is 0 Å². The van der Waals surface area contributed by atoms with E-state index >= 15 is 0 Å². The molecule has 2 bridgehead atoms. The van der Waals surface area contributed by atoms with Crippen LogP contribution < -0.4 is 0 Å². The normalized spacial score (nSPS) is 40.8. The number of hydrogen-bond donors (Lipinski definition) is 0. The van der Waals surface area contributed by atoms with Crippen molar-refractivity contribution in [3.05, 3.63) is 12.2 Å². The zero-order chi connectivity index (χ0) is 11.9. The molecule has 2 heteroatoms. The molecule has 0 aromatic carbocycles. The minimum absolute atomic E-state index is 0.0706. The second-order valence-electron chi connectivity index (χ2n) is 6.27. The molecular weight excluding hydrogens is 212 g/mol. The van der Waals surface area contributed by atoms with E-state index in [2.05, 4.69) is 19.1 Å². The molecule has 17 heavy (non-hydrogen) atoms. The Morgan fingerprint density at radius 2 is 2.00 bits per heavy atom. The summed E-state index contributed by atoms with van der Waals surface area (Å²) < 4.78 is 5.76. The number of ether oxygens (including phenoxy) is 1. The second-order valence-corrected chi connectivity index (χ2v) is 6.27. The van der Waals surface area contributed by atoms with Crippen LogP contribution in [0.4, 0.5) is 0 Å². The summed E-state index contributed by atoms with van der Waals surface area (Å²) in [5, 5.41) is 0. The number of allylic oxidation sites excluding steroid dienone is 2. The molecule has 0 aromatic rings. The van der Waals surface area contributed by atoms with E-state index in [4.69, 9.17) is 4.74 Å². The zero-order valence-electron chi connectivity index (χ0n) is 10.7. The molecule has 0 spiro atoms. The molecule has 2 saturated carbocycles. The van der Waals surface area contributed by atoms with Crippen molar-refractivity contribution in [1.29, 1.82) is 0 Å². The summed E-state index contributed by atoms with van der Waals surface area (Å²) in [7, 11) is 0. The van der Waals surface area contributed by atoms with Crippen LogP contribution in [-0.4, -0.2) is 12.1 Å². The molecule has 3 atom stereocenters. The van der Waals surface area contributed by atoms with Gasteiger partial charge in [0.2, 0.25) is 0 Å². The van der Waals surface area contributed by atoms with Crippen molar-refractivity contribution in [3.8, 4) is 0 Å². The molecule has 0 aliphatic heterocycles. The van der Waals surface area contributed by atoms with E-state index in [0.29, 0.717) is 11.8 Å². The molecule has 3 aliphatic carbocycles. The monoisotopic (exact) mass is 234 g/mol. The van der Waals surface area contributed by atoms with Crippen molar-refractivity contribution < 1.29 is 9.53 Å². The Bertz CT molecular complexity index is 341. The van der Waals surface area contributed by atoms with Crippen LogP contribution in [0.1, 0.15) is 51.9 Å². The molecule has 2 fully saturated rings. The maximum atomic E-state index is 12.4. The molecule has 0 radical (unpaired) electrons. The fraction of sp³-hybridized carbons (Fsp3) is 0.800. The summed E-state index contributed by atoms with van der Waals surface area (Å²) in [6.07, 6.45) is 12.8. The maximum Gasteiger partial charge on any atom is 0.312 e. The highest BCUT2D eigenvalue weighted by Gasteiger charge is 2.51. The van der Waals surface area contributed by atoms with Crippen LogP contribution in [0.2, 0.25) is 0 Å². The number of hydrogen-bond acceptors (Lipinski definition) is 2. The van der Waals surface area contributed by atoms with Gasteiger partial charge in [-0.25, -0.2) is 0 Å². The van der Waals surface area contributed by atoms with Gasteiger partial charge < -0.3 is 4.74 Å². The van der Waals surface area contributed by atoms with E-state index in [-0.39, 0.29) is 17.5 Å². The summed E-state index contributed by atoms with van der Waals surface area (Å²) in [5.41, 5.74) is -0.225. The van der Waals surface area contributed by atoms with Gasteiger partial charge in [0.15, 0.2) is 0 Å². The molecule has 3 unspecified atom stereocenters. The minimum Gasteiger partial charge on any atom is -0.462 e. The molecule has 94 valence electrons. The van der Waals surface area contributed by atoms with Gasteiger partial charge in [0.1, 0.15) is 6.10 Å². The average molecular weight is 234 g/mol. The second kappa shape index (κ2) is 4.15. The Labute approximate surface area is 103 Å². The Hall–Kier alpha value is -0.790. The van der Waals surface area contributed by atoms with Gasteiger partial charge in [0, 0.05) is 0 Å². The Morgan fingerprint density at radius 3 is 2.59 bits per heavy atom. The summed E-state index contributed by atoms with van der Waals surface area (Å²) >= 11 is 0. The first-order valence-electron chi connectivity index (χ1n) is 7.08. The van der Waals surface area contributed by atoms with Crippen LogP contribution in [0, 0.1) is 17.3 Å². The van der Waals surface area contributed by atoms with Crippen LogP contribution in [-0.2, 0) is 9.53 Å².